The number of imide groups is 1. The fourth-order valence-electron chi connectivity index (χ4n) is 1.11. The number of nitrogens with one attached hydrogen (secondary N) is 1. The highest BCUT2D eigenvalue weighted by atomic mass is 16.4. The van der Waals surface area contributed by atoms with Crippen molar-refractivity contribution >= 4 is 18.1 Å². The first-order valence-corrected chi connectivity index (χ1v) is 4.40. The summed E-state index contributed by atoms with van der Waals surface area (Å²) in [6.07, 6.45) is 2.42. The first-order chi connectivity index (χ1) is 7.13. The normalized spacial score (nSPS) is 10.2. The molecule has 0 radical (unpaired) electrons. The number of carbonyl (C=O) groups excluding carboxylic acids is 1. The number of rotatable bonds is 2. The van der Waals surface area contributed by atoms with Gasteiger partial charge < -0.3 is 5.11 Å². The Morgan fingerprint density at radius 1 is 1.27 bits per heavy atom. The second kappa shape index (κ2) is 4.95. The molecular formula is C11H11NO3. The van der Waals surface area contributed by atoms with Gasteiger partial charge in [-0.2, -0.15) is 0 Å². The van der Waals surface area contributed by atoms with E-state index in [-0.39, 0.29) is 0 Å². The molecule has 0 saturated carbocycles. The lowest BCUT2D eigenvalue weighted by atomic mass is 10.1. The molecule has 0 aromatic heterocycles. The summed E-state index contributed by atoms with van der Waals surface area (Å²) in [5, 5.41) is 10.1. The average Bonchev–Trinajstić information content (AvgIpc) is 2.18. The van der Waals surface area contributed by atoms with Crippen LogP contribution in [0.15, 0.2) is 30.3 Å². The van der Waals surface area contributed by atoms with Crippen LogP contribution in [0, 0.1) is 0 Å². The minimum atomic E-state index is -1.35. The van der Waals surface area contributed by atoms with Gasteiger partial charge in [0.05, 0.1) is 0 Å². The Morgan fingerprint density at radius 2 is 1.87 bits per heavy atom. The maximum Gasteiger partial charge on any atom is 0.411 e. The van der Waals surface area contributed by atoms with Crippen molar-refractivity contribution in [1.29, 1.82) is 0 Å². The molecule has 0 saturated heterocycles. The Morgan fingerprint density at radius 3 is 2.33 bits per heavy atom. The number of benzene rings is 1. The molecule has 0 unspecified atom stereocenters. The fourth-order valence-corrected chi connectivity index (χ4v) is 1.11. The monoisotopic (exact) mass is 205 g/mol. The largest absolute Gasteiger partial charge is 0.465 e. The molecule has 1 aromatic rings. The molecule has 2 N–H and O–H groups in total. The fraction of sp³-hybridized carbons (Fsp3) is 0.0909. The Kier molecular flexibility index (Phi) is 3.62. The van der Waals surface area contributed by atoms with Crippen molar-refractivity contribution in [2.75, 3.05) is 0 Å². The highest BCUT2D eigenvalue weighted by Gasteiger charge is 2.07. The van der Waals surface area contributed by atoms with E-state index in [0.29, 0.717) is 5.56 Å². The van der Waals surface area contributed by atoms with Gasteiger partial charge in [-0.15, -0.1) is 0 Å². The van der Waals surface area contributed by atoms with Crippen LogP contribution in [0.2, 0.25) is 0 Å². The smallest absolute Gasteiger partial charge is 0.411 e. The third-order valence-electron chi connectivity index (χ3n) is 1.75. The van der Waals surface area contributed by atoms with Crippen LogP contribution in [0.1, 0.15) is 22.8 Å². The van der Waals surface area contributed by atoms with Crippen molar-refractivity contribution in [2.45, 2.75) is 6.92 Å². The van der Waals surface area contributed by atoms with Crippen molar-refractivity contribution in [3.05, 3.63) is 41.5 Å². The van der Waals surface area contributed by atoms with Crippen LogP contribution in [0.5, 0.6) is 0 Å². The molecule has 0 atom stereocenters. The van der Waals surface area contributed by atoms with Crippen LogP contribution in [0.4, 0.5) is 4.79 Å². The number of hydrogen-bond acceptors (Lipinski definition) is 2. The highest BCUT2D eigenvalue weighted by Crippen LogP contribution is 2.05. The summed E-state index contributed by atoms with van der Waals surface area (Å²) in [5.74, 6) is -0.616. The van der Waals surface area contributed by atoms with E-state index in [2.05, 4.69) is 0 Å². The van der Waals surface area contributed by atoms with Gasteiger partial charge in [-0.1, -0.05) is 24.3 Å². The third kappa shape index (κ3) is 3.27. The third-order valence-corrected chi connectivity index (χ3v) is 1.75. The van der Waals surface area contributed by atoms with Gasteiger partial charge in [0.1, 0.15) is 0 Å². The molecule has 0 fully saturated rings. The van der Waals surface area contributed by atoms with Crippen LogP contribution < -0.4 is 5.32 Å². The lowest BCUT2D eigenvalue weighted by molar-refractivity contribution is 0.0948. The van der Waals surface area contributed by atoms with E-state index in [0.717, 1.165) is 5.56 Å². The Hall–Kier alpha value is -2.10. The van der Waals surface area contributed by atoms with E-state index in [1.165, 1.54) is 0 Å². The number of carboxylic acid groups (broad SMARTS) is 1. The standard InChI is InChI=1S/C11H11NO3/c1-2-3-8-4-6-9(7-5-8)10(13)12-11(14)15/h2-7H,1H3,(H,12,13)(H,14,15). The van der Waals surface area contributed by atoms with Gasteiger partial charge in [0.25, 0.3) is 5.91 Å². The first kappa shape index (κ1) is 11.0. The molecule has 1 rings (SSSR count). The molecule has 0 aliphatic heterocycles. The maximum atomic E-state index is 11.2. The SMILES string of the molecule is CC=Cc1ccc(C(=O)NC(=O)O)cc1. The van der Waals surface area contributed by atoms with E-state index in [1.807, 2.05) is 19.1 Å². The highest BCUT2D eigenvalue weighted by molar-refractivity contribution is 6.02. The number of hydrogen-bond donors (Lipinski definition) is 2. The van der Waals surface area contributed by atoms with Gasteiger partial charge in [0.15, 0.2) is 0 Å². The second-order valence-electron chi connectivity index (χ2n) is 2.88. The van der Waals surface area contributed by atoms with E-state index < -0.39 is 12.0 Å². The molecule has 15 heavy (non-hydrogen) atoms. The van der Waals surface area contributed by atoms with Crippen molar-refractivity contribution in [3.63, 3.8) is 0 Å². The van der Waals surface area contributed by atoms with E-state index in [9.17, 15) is 9.59 Å². The quantitative estimate of drug-likeness (QED) is 0.777. The van der Waals surface area contributed by atoms with Gasteiger partial charge in [0.2, 0.25) is 0 Å². The molecule has 0 aliphatic rings. The van der Waals surface area contributed by atoms with Crippen LogP contribution in [0.25, 0.3) is 6.08 Å². The van der Waals surface area contributed by atoms with Gasteiger partial charge in [-0.05, 0) is 24.6 Å². The Bertz CT molecular complexity index is 393. The molecule has 0 heterocycles. The van der Waals surface area contributed by atoms with E-state index in [1.54, 1.807) is 29.6 Å². The summed E-state index contributed by atoms with van der Waals surface area (Å²) in [5.41, 5.74) is 1.29. The zero-order chi connectivity index (χ0) is 11.3. The topological polar surface area (TPSA) is 66.4 Å². The molecule has 4 heteroatoms. The summed E-state index contributed by atoms with van der Waals surface area (Å²) in [4.78, 5) is 21.4. The number of carbonyl (C=O) groups is 2. The average molecular weight is 205 g/mol. The molecule has 0 spiro atoms. The minimum Gasteiger partial charge on any atom is -0.465 e. The van der Waals surface area contributed by atoms with E-state index in [4.69, 9.17) is 5.11 Å². The van der Waals surface area contributed by atoms with Crippen molar-refractivity contribution in [1.82, 2.24) is 5.32 Å². The molecule has 1 aromatic carbocycles. The van der Waals surface area contributed by atoms with Crippen LogP contribution in [-0.2, 0) is 0 Å². The number of allylic oxidation sites excluding steroid dienone is 1. The zero-order valence-electron chi connectivity index (χ0n) is 8.23. The molecule has 2 amide bonds. The zero-order valence-corrected chi connectivity index (χ0v) is 8.23. The predicted molar refractivity (Wildman–Crippen MR) is 56.6 cm³/mol. The molecular weight excluding hydrogens is 194 g/mol. The summed E-state index contributed by atoms with van der Waals surface area (Å²) in [6, 6.07) is 6.65. The predicted octanol–water partition coefficient (Wildman–Crippen LogP) is 2.13. The summed E-state index contributed by atoms with van der Waals surface area (Å²) < 4.78 is 0. The van der Waals surface area contributed by atoms with Gasteiger partial charge in [-0.25, -0.2) is 4.79 Å². The molecule has 0 aliphatic carbocycles. The van der Waals surface area contributed by atoms with Crippen LogP contribution in [-0.4, -0.2) is 17.1 Å². The minimum absolute atomic E-state index is 0.325. The lowest BCUT2D eigenvalue weighted by Gasteiger charge is -2.00. The lowest BCUT2D eigenvalue weighted by Crippen LogP contribution is -2.28. The number of amides is 2. The van der Waals surface area contributed by atoms with Crippen molar-refractivity contribution in [3.8, 4) is 0 Å². The Labute approximate surface area is 87.2 Å². The molecule has 0 bridgehead atoms. The van der Waals surface area contributed by atoms with Gasteiger partial charge in [-0.3, -0.25) is 10.1 Å². The van der Waals surface area contributed by atoms with Gasteiger partial charge >= 0.3 is 6.09 Å². The van der Waals surface area contributed by atoms with Crippen molar-refractivity contribution in [2.24, 2.45) is 0 Å². The first-order valence-electron chi connectivity index (χ1n) is 4.40. The summed E-state index contributed by atoms with van der Waals surface area (Å²) in [7, 11) is 0. The van der Waals surface area contributed by atoms with Gasteiger partial charge in [0, 0.05) is 5.56 Å². The van der Waals surface area contributed by atoms with E-state index >= 15 is 0 Å². The summed E-state index contributed by atoms with van der Waals surface area (Å²) in [6.45, 7) is 1.89. The molecule has 4 nitrogen and oxygen atoms in total. The second-order valence-corrected chi connectivity index (χ2v) is 2.88. The maximum absolute atomic E-state index is 11.2. The van der Waals surface area contributed by atoms with Crippen LogP contribution >= 0.6 is 0 Å². The molecule has 78 valence electrons. The van der Waals surface area contributed by atoms with Crippen LogP contribution in [0.3, 0.4) is 0 Å². The Balaban J connectivity index is 2.79. The summed E-state index contributed by atoms with van der Waals surface area (Å²) >= 11 is 0. The van der Waals surface area contributed by atoms with Crippen molar-refractivity contribution < 1.29 is 14.7 Å².